The fourth-order valence-electron chi connectivity index (χ4n) is 3.61. The number of hydrogen-bond acceptors (Lipinski definition) is 7. The van der Waals surface area contributed by atoms with Gasteiger partial charge in [0.2, 0.25) is 5.91 Å². The van der Waals surface area contributed by atoms with E-state index in [1.165, 1.54) is 30.3 Å². The lowest BCUT2D eigenvalue weighted by atomic mass is 10.1. The van der Waals surface area contributed by atoms with Gasteiger partial charge in [-0.05, 0) is 42.6 Å². The van der Waals surface area contributed by atoms with Crippen LogP contribution in [0.25, 0.3) is 0 Å². The molecule has 3 amide bonds. The molecule has 2 heterocycles. The standard InChI is InChI=1S/C23H28N4O5S/c1-15(23(31)32-4)24-20(28)18-14-26(11-12-27(18)22(30)19-6-5-13-33-19)21(29)16-7-9-17(10-8-16)25(2)3/h5-10,13,15,18H,11-12,14H2,1-4H3,(H,24,28). The summed E-state index contributed by atoms with van der Waals surface area (Å²) in [6.45, 7) is 2.02. The van der Waals surface area contributed by atoms with Gasteiger partial charge in [-0.15, -0.1) is 11.3 Å². The quantitative estimate of drug-likeness (QED) is 0.639. The molecule has 0 bridgehead atoms. The van der Waals surface area contributed by atoms with Crippen LogP contribution in [-0.4, -0.2) is 86.4 Å². The molecule has 1 aliphatic rings. The van der Waals surface area contributed by atoms with Gasteiger partial charge in [-0.3, -0.25) is 14.4 Å². The molecule has 0 spiro atoms. The predicted molar refractivity (Wildman–Crippen MR) is 125 cm³/mol. The number of nitrogens with zero attached hydrogens (tertiary/aromatic N) is 3. The van der Waals surface area contributed by atoms with Gasteiger partial charge in [-0.1, -0.05) is 6.07 Å². The third kappa shape index (κ3) is 5.51. The Balaban J connectivity index is 1.81. The van der Waals surface area contributed by atoms with E-state index in [0.29, 0.717) is 17.0 Å². The minimum absolute atomic E-state index is 0.0190. The predicted octanol–water partition coefficient (Wildman–Crippen LogP) is 1.46. The molecule has 0 saturated carbocycles. The SMILES string of the molecule is COC(=O)C(C)NC(=O)C1CN(C(=O)c2ccc(N(C)C)cc2)CCN1C(=O)c1cccs1. The highest BCUT2D eigenvalue weighted by atomic mass is 32.1. The van der Waals surface area contributed by atoms with Gasteiger partial charge in [0.05, 0.1) is 18.5 Å². The van der Waals surface area contributed by atoms with Crippen LogP contribution >= 0.6 is 11.3 Å². The van der Waals surface area contributed by atoms with E-state index in [2.05, 4.69) is 10.1 Å². The second-order valence-corrected chi connectivity index (χ2v) is 8.89. The summed E-state index contributed by atoms with van der Waals surface area (Å²) in [6, 6.07) is 8.84. The summed E-state index contributed by atoms with van der Waals surface area (Å²) < 4.78 is 4.68. The maximum Gasteiger partial charge on any atom is 0.328 e. The minimum Gasteiger partial charge on any atom is -0.467 e. The van der Waals surface area contributed by atoms with Gasteiger partial charge in [0.25, 0.3) is 11.8 Å². The van der Waals surface area contributed by atoms with Gasteiger partial charge >= 0.3 is 5.97 Å². The van der Waals surface area contributed by atoms with Crippen LogP contribution in [0.1, 0.15) is 27.0 Å². The van der Waals surface area contributed by atoms with Crippen LogP contribution < -0.4 is 10.2 Å². The monoisotopic (exact) mass is 472 g/mol. The number of hydrogen-bond donors (Lipinski definition) is 1. The van der Waals surface area contributed by atoms with E-state index in [0.717, 1.165) is 5.69 Å². The molecule has 1 saturated heterocycles. The highest BCUT2D eigenvalue weighted by molar-refractivity contribution is 7.12. The molecule has 2 aromatic rings. The average molecular weight is 473 g/mol. The minimum atomic E-state index is -0.939. The number of carbonyl (C=O) groups excluding carboxylic acids is 4. The summed E-state index contributed by atoms with van der Waals surface area (Å²) in [5, 5.41) is 4.39. The Labute approximate surface area is 196 Å². The zero-order chi connectivity index (χ0) is 24.1. The van der Waals surface area contributed by atoms with E-state index in [9.17, 15) is 19.2 Å². The Hall–Kier alpha value is -3.40. The third-order valence-corrected chi connectivity index (χ3v) is 6.37. The van der Waals surface area contributed by atoms with E-state index in [-0.39, 0.29) is 24.9 Å². The molecule has 0 radical (unpaired) electrons. The fourth-order valence-corrected chi connectivity index (χ4v) is 4.29. The number of carbonyl (C=O) groups is 4. The lowest BCUT2D eigenvalue weighted by Gasteiger charge is -2.40. The Morgan fingerprint density at radius 1 is 1.09 bits per heavy atom. The summed E-state index contributed by atoms with van der Waals surface area (Å²) >= 11 is 1.29. The molecular formula is C23H28N4O5S. The third-order valence-electron chi connectivity index (χ3n) is 5.51. The van der Waals surface area contributed by atoms with E-state index in [1.54, 1.807) is 34.5 Å². The average Bonchev–Trinajstić information content (AvgIpc) is 3.37. The molecule has 2 atom stereocenters. The van der Waals surface area contributed by atoms with Gasteiger partial charge < -0.3 is 24.8 Å². The zero-order valence-electron chi connectivity index (χ0n) is 19.1. The van der Waals surface area contributed by atoms with Crippen molar-refractivity contribution in [3.8, 4) is 0 Å². The molecule has 1 fully saturated rings. The smallest absolute Gasteiger partial charge is 0.328 e. The maximum atomic E-state index is 13.1. The summed E-state index contributed by atoms with van der Waals surface area (Å²) in [5.74, 6) is -1.61. The van der Waals surface area contributed by atoms with Crippen molar-refractivity contribution in [2.75, 3.05) is 45.7 Å². The van der Waals surface area contributed by atoms with Gasteiger partial charge in [0, 0.05) is 38.4 Å². The Kier molecular flexibility index (Phi) is 7.70. The van der Waals surface area contributed by atoms with Crippen molar-refractivity contribution in [2.45, 2.75) is 19.0 Å². The first-order chi connectivity index (χ1) is 15.7. The van der Waals surface area contributed by atoms with Crippen LogP contribution in [0.3, 0.4) is 0 Å². The Bertz CT molecular complexity index is 1010. The normalized spacial score (nSPS) is 16.7. The number of esters is 1. The molecule has 176 valence electrons. The van der Waals surface area contributed by atoms with Gasteiger partial charge in [0.1, 0.15) is 12.1 Å². The number of nitrogens with one attached hydrogen (secondary N) is 1. The molecule has 1 aromatic heterocycles. The Morgan fingerprint density at radius 2 is 1.79 bits per heavy atom. The molecule has 33 heavy (non-hydrogen) atoms. The summed E-state index contributed by atoms with van der Waals surface area (Å²) in [6.07, 6.45) is 0. The molecule has 9 nitrogen and oxygen atoms in total. The van der Waals surface area contributed by atoms with E-state index in [1.807, 2.05) is 31.1 Å². The molecule has 0 aliphatic carbocycles. The fraction of sp³-hybridized carbons (Fsp3) is 0.391. The number of piperazine rings is 1. The van der Waals surface area contributed by atoms with Crippen LogP contribution in [0.15, 0.2) is 41.8 Å². The highest BCUT2D eigenvalue weighted by Gasteiger charge is 2.38. The molecule has 2 unspecified atom stereocenters. The van der Waals surface area contributed by atoms with Crippen molar-refractivity contribution in [3.05, 3.63) is 52.2 Å². The number of ether oxygens (including phenoxy) is 1. The van der Waals surface area contributed by atoms with Crippen molar-refractivity contribution < 1.29 is 23.9 Å². The van der Waals surface area contributed by atoms with Crippen LogP contribution in [0.2, 0.25) is 0 Å². The highest BCUT2D eigenvalue weighted by Crippen LogP contribution is 2.20. The Morgan fingerprint density at radius 3 is 2.36 bits per heavy atom. The maximum absolute atomic E-state index is 13.1. The van der Waals surface area contributed by atoms with Crippen molar-refractivity contribution in [1.29, 1.82) is 0 Å². The number of thiophene rings is 1. The van der Waals surface area contributed by atoms with Crippen molar-refractivity contribution >= 4 is 40.7 Å². The molecule has 10 heteroatoms. The first-order valence-corrected chi connectivity index (χ1v) is 11.4. The van der Waals surface area contributed by atoms with E-state index in [4.69, 9.17) is 0 Å². The van der Waals surface area contributed by atoms with E-state index < -0.39 is 24.0 Å². The molecule has 3 rings (SSSR count). The lowest BCUT2D eigenvalue weighted by Crippen LogP contribution is -2.62. The largest absolute Gasteiger partial charge is 0.467 e. The van der Waals surface area contributed by atoms with Gasteiger partial charge in [0.15, 0.2) is 0 Å². The van der Waals surface area contributed by atoms with Crippen LogP contribution in [0.5, 0.6) is 0 Å². The first-order valence-electron chi connectivity index (χ1n) is 10.5. The second kappa shape index (κ2) is 10.5. The number of anilines is 1. The molecular weight excluding hydrogens is 444 g/mol. The summed E-state index contributed by atoms with van der Waals surface area (Å²) in [4.78, 5) is 56.5. The summed E-state index contributed by atoms with van der Waals surface area (Å²) in [5.41, 5.74) is 1.47. The van der Waals surface area contributed by atoms with Gasteiger partial charge in [-0.25, -0.2) is 4.79 Å². The van der Waals surface area contributed by atoms with Crippen LogP contribution in [0, 0.1) is 0 Å². The number of amides is 3. The lowest BCUT2D eigenvalue weighted by molar-refractivity contribution is -0.145. The zero-order valence-corrected chi connectivity index (χ0v) is 19.9. The molecule has 1 aliphatic heterocycles. The molecule has 1 aromatic carbocycles. The van der Waals surface area contributed by atoms with Crippen molar-refractivity contribution in [3.63, 3.8) is 0 Å². The van der Waals surface area contributed by atoms with Crippen LogP contribution in [0.4, 0.5) is 5.69 Å². The van der Waals surface area contributed by atoms with E-state index >= 15 is 0 Å². The topological polar surface area (TPSA) is 99.3 Å². The molecule has 1 N–H and O–H groups in total. The summed E-state index contributed by atoms with van der Waals surface area (Å²) in [7, 11) is 5.07. The second-order valence-electron chi connectivity index (χ2n) is 7.94. The number of rotatable bonds is 6. The van der Waals surface area contributed by atoms with Crippen LogP contribution in [-0.2, 0) is 14.3 Å². The number of methoxy groups -OCH3 is 1. The van der Waals surface area contributed by atoms with Gasteiger partial charge in [-0.2, -0.15) is 0 Å². The van der Waals surface area contributed by atoms with Crippen molar-refractivity contribution in [1.82, 2.24) is 15.1 Å². The number of benzene rings is 1. The first kappa shape index (κ1) is 24.2. The van der Waals surface area contributed by atoms with Crippen molar-refractivity contribution in [2.24, 2.45) is 0 Å².